The van der Waals surface area contributed by atoms with Crippen LogP contribution in [0.4, 0.5) is 0 Å². The van der Waals surface area contributed by atoms with E-state index >= 15 is 0 Å². The number of rotatable bonds is 5. The van der Waals surface area contributed by atoms with Crippen LogP contribution in [0.25, 0.3) is 0 Å². The topological polar surface area (TPSA) is 18.5 Å². The molecule has 0 bridgehead atoms. The monoisotopic (exact) mass is 282 g/mol. The highest BCUT2D eigenvalue weighted by atomic mass is 79.9. The molecule has 0 aromatic heterocycles. The Labute approximate surface area is 105 Å². The molecule has 0 radical (unpaired) electrons. The zero-order valence-electron chi connectivity index (χ0n) is 9.50. The fourth-order valence-electron chi connectivity index (χ4n) is 1.24. The lowest BCUT2D eigenvalue weighted by Crippen LogP contribution is -2.08. The molecule has 0 unspecified atom stereocenters. The number of hydrogen-bond acceptors (Lipinski definition) is 2. The lowest BCUT2D eigenvalue weighted by molar-refractivity contribution is 0.0759. The minimum Gasteiger partial charge on any atom is -0.497 e. The van der Waals surface area contributed by atoms with Crippen molar-refractivity contribution in [2.45, 2.75) is 26.1 Å². The van der Waals surface area contributed by atoms with E-state index in [0.717, 1.165) is 17.7 Å². The number of ether oxygens (including phenoxy) is 2. The summed E-state index contributed by atoms with van der Waals surface area (Å²) < 4.78 is 10.7. The Kier molecular flexibility index (Phi) is 5.99. The van der Waals surface area contributed by atoms with Gasteiger partial charge in [0.15, 0.2) is 0 Å². The maximum atomic E-state index is 5.65. The van der Waals surface area contributed by atoms with Crippen LogP contribution >= 0.6 is 15.9 Å². The van der Waals surface area contributed by atoms with Gasteiger partial charge >= 0.3 is 0 Å². The molecular formula is C13H15BrO2. The molecule has 2 nitrogen and oxygen atoms in total. The van der Waals surface area contributed by atoms with Gasteiger partial charge in [-0.3, -0.25) is 0 Å². The Hall–Kier alpha value is -0.980. The summed E-state index contributed by atoms with van der Waals surface area (Å²) in [4.78, 5) is 2.69. The Morgan fingerprint density at radius 3 is 2.50 bits per heavy atom. The van der Waals surface area contributed by atoms with E-state index in [4.69, 9.17) is 9.47 Å². The summed E-state index contributed by atoms with van der Waals surface area (Å²) in [7, 11) is 1.66. The summed E-state index contributed by atoms with van der Waals surface area (Å²) in [5.74, 6) is 3.80. The van der Waals surface area contributed by atoms with E-state index in [9.17, 15) is 0 Å². The summed E-state index contributed by atoms with van der Waals surface area (Å²) in [6, 6.07) is 7.84. The van der Waals surface area contributed by atoms with Gasteiger partial charge in [0, 0.05) is 15.9 Å². The second-order valence-corrected chi connectivity index (χ2v) is 3.69. The zero-order valence-corrected chi connectivity index (χ0v) is 11.1. The molecule has 1 aromatic rings. The second-order valence-electron chi connectivity index (χ2n) is 3.29. The number of halogens is 1. The highest BCUT2D eigenvalue weighted by Gasteiger charge is 2.02. The minimum atomic E-state index is -0.0125. The largest absolute Gasteiger partial charge is 0.497 e. The maximum absolute atomic E-state index is 5.65. The van der Waals surface area contributed by atoms with Crippen LogP contribution < -0.4 is 4.74 Å². The predicted octanol–water partition coefficient (Wildman–Crippen LogP) is 3.35. The van der Waals surface area contributed by atoms with Crippen molar-refractivity contribution >= 4 is 15.9 Å². The van der Waals surface area contributed by atoms with Gasteiger partial charge in [-0.25, -0.2) is 0 Å². The molecule has 1 rings (SSSR count). The van der Waals surface area contributed by atoms with Gasteiger partial charge in [-0.1, -0.05) is 25.0 Å². The molecule has 0 spiro atoms. The van der Waals surface area contributed by atoms with Crippen molar-refractivity contribution in [3.05, 3.63) is 29.8 Å². The summed E-state index contributed by atoms with van der Waals surface area (Å²) >= 11 is 3.08. The third-order valence-corrected chi connectivity index (χ3v) is 2.43. The molecule has 0 aliphatic rings. The van der Waals surface area contributed by atoms with Gasteiger partial charge in [0.25, 0.3) is 0 Å². The van der Waals surface area contributed by atoms with Crippen molar-refractivity contribution in [1.82, 2.24) is 0 Å². The smallest absolute Gasteiger partial charge is 0.119 e. The Balaban J connectivity index is 2.49. The first-order chi connectivity index (χ1) is 7.80. The molecule has 3 heteroatoms. The van der Waals surface area contributed by atoms with Crippen molar-refractivity contribution in [3.8, 4) is 16.5 Å². The molecule has 16 heavy (non-hydrogen) atoms. The molecule has 0 aliphatic heterocycles. The van der Waals surface area contributed by atoms with Crippen LogP contribution in [-0.2, 0) is 11.3 Å². The third-order valence-electron chi connectivity index (χ3n) is 2.20. The Morgan fingerprint density at radius 2 is 2.00 bits per heavy atom. The van der Waals surface area contributed by atoms with Gasteiger partial charge in [-0.2, -0.15) is 0 Å². The summed E-state index contributed by atoms with van der Waals surface area (Å²) in [6.45, 7) is 2.63. The molecule has 0 N–H and O–H groups in total. The molecule has 0 fully saturated rings. The van der Waals surface area contributed by atoms with E-state index in [1.54, 1.807) is 7.11 Å². The normalized spacial score (nSPS) is 11.4. The van der Waals surface area contributed by atoms with Gasteiger partial charge in [-0.15, -0.1) is 0 Å². The molecule has 0 amide bonds. The van der Waals surface area contributed by atoms with Gasteiger partial charge < -0.3 is 9.47 Å². The molecule has 0 aliphatic carbocycles. The van der Waals surface area contributed by atoms with Crippen LogP contribution in [0.5, 0.6) is 5.75 Å². The molecule has 0 saturated heterocycles. The SMILES string of the molecule is CC[C@H](C#CBr)OCc1ccc(OC)cc1. The van der Waals surface area contributed by atoms with Gasteiger partial charge in [-0.05, 0) is 28.9 Å². The fraction of sp³-hybridized carbons (Fsp3) is 0.385. The van der Waals surface area contributed by atoms with E-state index in [1.807, 2.05) is 24.3 Å². The van der Waals surface area contributed by atoms with E-state index in [0.29, 0.717) is 6.61 Å². The highest BCUT2D eigenvalue weighted by molar-refractivity contribution is 9.12. The molecule has 0 saturated carbocycles. The Morgan fingerprint density at radius 1 is 1.31 bits per heavy atom. The minimum absolute atomic E-state index is 0.0125. The van der Waals surface area contributed by atoms with E-state index in [2.05, 4.69) is 33.6 Å². The summed E-state index contributed by atoms with van der Waals surface area (Å²) in [6.07, 6.45) is 0.871. The molecular weight excluding hydrogens is 268 g/mol. The zero-order chi connectivity index (χ0) is 11.8. The fourth-order valence-corrected chi connectivity index (χ4v) is 1.50. The first-order valence-electron chi connectivity index (χ1n) is 5.15. The predicted molar refractivity (Wildman–Crippen MR) is 68.6 cm³/mol. The molecule has 1 aromatic carbocycles. The van der Waals surface area contributed by atoms with Crippen LogP contribution in [-0.4, -0.2) is 13.2 Å². The number of benzene rings is 1. The summed E-state index contributed by atoms with van der Waals surface area (Å²) in [5.41, 5.74) is 1.12. The van der Waals surface area contributed by atoms with Gasteiger partial charge in [0.2, 0.25) is 0 Å². The van der Waals surface area contributed by atoms with Crippen LogP contribution in [0.2, 0.25) is 0 Å². The summed E-state index contributed by atoms with van der Waals surface area (Å²) in [5, 5.41) is 0. The van der Waals surface area contributed by atoms with Gasteiger partial charge in [0.05, 0.1) is 13.7 Å². The average molecular weight is 283 g/mol. The van der Waals surface area contributed by atoms with Gasteiger partial charge in [0.1, 0.15) is 11.9 Å². The third kappa shape index (κ3) is 4.26. The lowest BCUT2D eigenvalue weighted by Gasteiger charge is -2.10. The lowest BCUT2D eigenvalue weighted by atomic mass is 10.2. The average Bonchev–Trinajstić information content (AvgIpc) is 2.35. The van der Waals surface area contributed by atoms with E-state index in [1.165, 1.54) is 0 Å². The highest BCUT2D eigenvalue weighted by Crippen LogP contribution is 2.12. The van der Waals surface area contributed by atoms with E-state index < -0.39 is 0 Å². The first-order valence-corrected chi connectivity index (χ1v) is 5.95. The molecule has 1 atom stereocenters. The molecule has 86 valence electrons. The number of hydrogen-bond donors (Lipinski definition) is 0. The molecule has 0 heterocycles. The van der Waals surface area contributed by atoms with Crippen molar-refractivity contribution in [1.29, 1.82) is 0 Å². The first kappa shape index (κ1) is 13.1. The maximum Gasteiger partial charge on any atom is 0.119 e. The standard InChI is InChI=1S/C13H15BrO2/c1-3-12(8-9-14)16-10-11-4-6-13(15-2)7-5-11/h4-7,12H,3,10H2,1-2H3/t12-/m1/s1. The quantitative estimate of drug-likeness (QED) is 0.772. The van der Waals surface area contributed by atoms with Crippen molar-refractivity contribution in [2.75, 3.05) is 7.11 Å². The van der Waals surface area contributed by atoms with Crippen LogP contribution in [0.1, 0.15) is 18.9 Å². The second kappa shape index (κ2) is 7.32. The van der Waals surface area contributed by atoms with Crippen molar-refractivity contribution in [3.63, 3.8) is 0 Å². The van der Waals surface area contributed by atoms with Crippen LogP contribution in [0.3, 0.4) is 0 Å². The van der Waals surface area contributed by atoms with E-state index in [-0.39, 0.29) is 6.10 Å². The Bertz CT molecular complexity index is 362. The van der Waals surface area contributed by atoms with Crippen molar-refractivity contribution in [2.24, 2.45) is 0 Å². The van der Waals surface area contributed by atoms with Crippen LogP contribution in [0, 0.1) is 10.8 Å². The van der Waals surface area contributed by atoms with Crippen molar-refractivity contribution < 1.29 is 9.47 Å². The van der Waals surface area contributed by atoms with Crippen LogP contribution in [0.15, 0.2) is 24.3 Å². The number of methoxy groups -OCH3 is 1.